The van der Waals surface area contributed by atoms with Gasteiger partial charge in [0.2, 0.25) is 5.78 Å². The first kappa shape index (κ1) is 15.7. The van der Waals surface area contributed by atoms with E-state index in [0.29, 0.717) is 18.2 Å². The lowest BCUT2D eigenvalue weighted by Gasteiger charge is -2.22. The van der Waals surface area contributed by atoms with E-state index in [9.17, 15) is 9.90 Å². The zero-order valence-corrected chi connectivity index (χ0v) is 14.7. The molecule has 8 heteroatoms. The molecule has 3 aromatic heterocycles. The Morgan fingerprint density at radius 3 is 3.00 bits per heavy atom. The van der Waals surface area contributed by atoms with Crippen molar-refractivity contribution >= 4 is 27.3 Å². The van der Waals surface area contributed by atoms with Crippen LogP contribution >= 0.6 is 11.3 Å². The molecule has 3 aromatic rings. The lowest BCUT2D eigenvalue weighted by atomic mass is 10.1. The van der Waals surface area contributed by atoms with E-state index in [1.54, 1.807) is 11.6 Å². The van der Waals surface area contributed by atoms with Crippen LogP contribution in [0.3, 0.4) is 0 Å². The highest BCUT2D eigenvalue weighted by molar-refractivity contribution is 7.17. The van der Waals surface area contributed by atoms with Gasteiger partial charge >= 0.3 is 0 Å². The fraction of sp³-hybridized carbons (Fsp3) is 0.562. The van der Waals surface area contributed by atoms with E-state index in [2.05, 4.69) is 15.1 Å². The van der Waals surface area contributed by atoms with Gasteiger partial charge in [0, 0.05) is 13.6 Å². The van der Waals surface area contributed by atoms with Gasteiger partial charge in [-0.2, -0.15) is 0 Å². The molecular formula is C16H21N5O2S. The molecule has 24 heavy (non-hydrogen) atoms. The number of fused-ring (bicyclic) bond motifs is 3. The summed E-state index contributed by atoms with van der Waals surface area (Å²) < 4.78 is 4.24. The minimum Gasteiger partial charge on any atom is -0.393 e. The molecule has 2 unspecified atom stereocenters. The van der Waals surface area contributed by atoms with E-state index >= 15 is 0 Å². The fourth-order valence-corrected chi connectivity index (χ4v) is 4.54. The lowest BCUT2D eigenvalue weighted by Crippen LogP contribution is -2.30. The Morgan fingerprint density at radius 1 is 1.42 bits per heavy atom. The molecule has 128 valence electrons. The summed E-state index contributed by atoms with van der Waals surface area (Å²) in [5.41, 5.74) is 0.835. The zero-order valence-electron chi connectivity index (χ0n) is 13.8. The van der Waals surface area contributed by atoms with Crippen LogP contribution in [0.15, 0.2) is 16.2 Å². The molecule has 0 amide bonds. The van der Waals surface area contributed by atoms with Gasteiger partial charge in [-0.15, -0.1) is 21.5 Å². The van der Waals surface area contributed by atoms with Crippen molar-refractivity contribution in [3.63, 3.8) is 0 Å². The maximum Gasteiger partial charge on any atom is 0.272 e. The summed E-state index contributed by atoms with van der Waals surface area (Å²) >= 11 is 1.44. The minimum absolute atomic E-state index is 0.0334. The van der Waals surface area contributed by atoms with E-state index < -0.39 is 0 Å². The Bertz CT molecular complexity index is 943. The van der Waals surface area contributed by atoms with Crippen LogP contribution in [0, 0.1) is 5.92 Å². The smallest absolute Gasteiger partial charge is 0.272 e. The van der Waals surface area contributed by atoms with Crippen LogP contribution < -0.4 is 5.56 Å². The van der Waals surface area contributed by atoms with Gasteiger partial charge in [-0.3, -0.25) is 18.7 Å². The Kier molecular flexibility index (Phi) is 3.90. The third-order valence-corrected chi connectivity index (χ3v) is 5.87. The fourth-order valence-electron chi connectivity index (χ4n) is 3.69. The number of hydrogen-bond acceptors (Lipinski definition) is 6. The van der Waals surface area contributed by atoms with E-state index in [1.807, 2.05) is 22.9 Å². The highest BCUT2D eigenvalue weighted by Crippen LogP contribution is 2.26. The molecule has 0 radical (unpaired) electrons. The summed E-state index contributed by atoms with van der Waals surface area (Å²) in [7, 11) is 3.77. The summed E-state index contributed by atoms with van der Waals surface area (Å²) in [4.78, 5) is 14.5. The van der Waals surface area contributed by atoms with Gasteiger partial charge in [-0.1, -0.05) is 6.42 Å². The van der Waals surface area contributed by atoms with Crippen LogP contribution in [0.5, 0.6) is 0 Å². The predicted octanol–water partition coefficient (Wildman–Crippen LogP) is 1.24. The van der Waals surface area contributed by atoms with E-state index in [4.69, 9.17) is 0 Å². The number of aliphatic hydroxyl groups is 1. The average Bonchev–Trinajstić information content (AvgIpc) is 3.25. The Labute approximate surface area is 143 Å². The molecule has 1 saturated carbocycles. The molecule has 0 aromatic carbocycles. The first-order valence-electron chi connectivity index (χ1n) is 8.23. The molecule has 1 aliphatic rings. The van der Waals surface area contributed by atoms with Crippen LogP contribution in [-0.2, 0) is 13.6 Å². The SMILES string of the molecule is CN(Cc1nnc2n(C)c(=O)c3sccc3n12)CC1CCCC1O. The second-order valence-electron chi connectivity index (χ2n) is 6.71. The molecule has 0 bridgehead atoms. The van der Waals surface area contributed by atoms with Crippen LogP contribution in [0.1, 0.15) is 25.1 Å². The van der Waals surface area contributed by atoms with Gasteiger partial charge in [0.25, 0.3) is 5.56 Å². The number of aliphatic hydroxyl groups excluding tert-OH is 1. The molecule has 0 spiro atoms. The van der Waals surface area contributed by atoms with Crippen LogP contribution in [-0.4, -0.2) is 48.9 Å². The number of aryl methyl sites for hydroxylation is 1. The van der Waals surface area contributed by atoms with Gasteiger partial charge in [-0.25, -0.2) is 0 Å². The summed E-state index contributed by atoms with van der Waals surface area (Å²) in [5, 5.41) is 20.5. The number of thiophene rings is 1. The van der Waals surface area contributed by atoms with Crippen molar-refractivity contribution in [3.05, 3.63) is 27.6 Å². The standard InChI is InChI=1S/C16H21N5O2S/c1-19(8-10-4-3-5-12(10)22)9-13-17-18-16-20(2)15(23)14-11(21(13)16)6-7-24-14/h6-7,10,12,22H,3-5,8-9H2,1-2H3. The molecule has 7 nitrogen and oxygen atoms in total. The molecule has 2 atom stereocenters. The Balaban J connectivity index is 1.68. The van der Waals surface area contributed by atoms with Crippen molar-refractivity contribution < 1.29 is 5.11 Å². The molecule has 0 aliphatic heterocycles. The van der Waals surface area contributed by atoms with E-state index in [1.165, 1.54) is 11.3 Å². The predicted molar refractivity (Wildman–Crippen MR) is 93.3 cm³/mol. The van der Waals surface area contributed by atoms with Crippen molar-refractivity contribution in [1.29, 1.82) is 0 Å². The van der Waals surface area contributed by atoms with Crippen LogP contribution in [0.2, 0.25) is 0 Å². The lowest BCUT2D eigenvalue weighted by molar-refractivity contribution is 0.107. The van der Waals surface area contributed by atoms with Crippen molar-refractivity contribution in [2.45, 2.75) is 31.9 Å². The molecule has 1 aliphatic carbocycles. The monoisotopic (exact) mass is 347 g/mol. The van der Waals surface area contributed by atoms with Crippen LogP contribution in [0.4, 0.5) is 0 Å². The molecule has 3 heterocycles. The maximum absolute atomic E-state index is 12.4. The van der Waals surface area contributed by atoms with Crippen molar-refractivity contribution in [1.82, 2.24) is 24.1 Å². The topological polar surface area (TPSA) is 75.7 Å². The molecule has 1 N–H and O–H groups in total. The van der Waals surface area contributed by atoms with Gasteiger partial charge in [0.15, 0.2) is 5.82 Å². The van der Waals surface area contributed by atoms with Crippen molar-refractivity contribution in [2.75, 3.05) is 13.6 Å². The number of hydrogen-bond donors (Lipinski definition) is 1. The molecule has 0 saturated heterocycles. The maximum atomic E-state index is 12.4. The first-order chi connectivity index (χ1) is 11.6. The Morgan fingerprint density at radius 2 is 2.25 bits per heavy atom. The normalized spacial score (nSPS) is 21.5. The summed E-state index contributed by atoms with van der Waals surface area (Å²) in [6, 6.07) is 1.95. The third kappa shape index (κ3) is 2.45. The van der Waals surface area contributed by atoms with E-state index in [-0.39, 0.29) is 11.7 Å². The van der Waals surface area contributed by atoms with Crippen molar-refractivity contribution in [3.8, 4) is 0 Å². The van der Waals surface area contributed by atoms with Gasteiger partial charge < -0.3 is 5.11 Å². The molecule has 1 fully saturated rings. The Hall–Kier alpha value is -1.77. The summed E-state index contributed by atoms with van der Waals surface area (Å²) in [5.74, 6) is 1.72. The second kappa shape index (κ2) is 5.94. The van der Waals surface area contributed by atoms with Gasteiger partial charge in [-0.05, 0) is 37.3 Å². The quantitative estimate of drug-likeness (QED) is 0.768. The number of nitrogens with zero attached hydrogens (tertiary/aromatic N) is 5. The van der Waals surface area contributed by atoms with Crippen molar-refractivity contribution in [2.24, 2.45) is 13.0 Å². The van der Waals surface area contributed by atoms with Gasteiger partial charge in [0.05, 0.1) is 18.2 Å². The largest absolute Gasteiger partial charge is 0.393 e. The molecular weight excluding hydrogens is 326 g/mol. The second-order valence-corrected chi connectivity index (χ2v) is 7.62. The number of rotatable bonds is 4. The summed E-state index contributed by atoms with van der Waals surface area (Å²) in [6.07, 6.45) is 2.90. The van der Waals surface area contributed by atoms with E-state index in [0.717, 1.165) is 41.8 Å². The van der Waals surface area contributed by atoms with Gasteiger partial charge in [0.1, 0.15) is 4.70 Å². The summed E-state index contributed by atoms with van der Waals surface area (Å²) in [6.45, 7) is 1.47. The average molecular weight is 347 g/mol. The third-order valence-electron chi connectivity index (χ3n) is 4.97. The molecule has 4 rings (SSSR count). The minimum atomic E-state index is -0.188. The highest BCUT2D eigenvalue weighted by Gasteiger charge is 2.26. The zero-order chi connectivity index (χ0) is 16.8. The first-order valence-corrected chi connectivity index (χ1v) is 9.11. The number of aromatic nitrogens is 4. The highest BCUT2D eigenvalue weighted by atomic mass is 32.1. The van der Waals surface area contributed by atoms with Crippen LogP contribution in [0.25, 0.3) is 16.0 Å².